The van der Waals surface area contributed by atoms with Crippen LogP contribution in [-0.2, 0) is 13.0 Å². The molecule has 2 aromatic rings. The third-order valence-corrected chi connectivity index (χ3v) is 2.96. The van der Waals surface area contributed by atoms with Crippen molar-refractivity contribution in [1.29, 1.82) is 0 Å². The van der Waals surface area contributed by atoms with Gasteiger partial charge in [0.15, 0.2) is 5.82 Å². The van der Waals surface area contributed by atoms with E-state index in [-0.39, 0.29) is 0 Å². The summed E-state index contributed by atoms with van der Waals surface area (Å²) in [4.78, 5) is 0. The molecule has 0 fully saturated rings. The third kappa shape index (κ3) is 3.61. The van der Waals surface area contributed by atoms with E-state index in [2.05, 4.69) is 59.0 Å². The molecule has 0 amide bonds. The van der Waals surface area contributed by atoms with Crippen molar-refractivity contribution in [2.75, 3.05) is 6.54 Å². The third-order valence-electron chi connectivity index (χ3n) is 2.96. The zero-order valence-electron chi connectivity index (χ0n) is 11.6. The Morgan fingerprint density at radius 3 is 2.58 bits per heavy atom. The maximum absolute atomic E-state index is 4.06. The van der Waals surface area contributed by atoms with Crippen molar-refractivity contribution in [2.24, 2.45) is 0 Å². The summed E-state index contributed by atoms with van der Waals surface area (Å²) in [6.07, 6.45) is 3.38. The Kier molecular flexibility index (Phi) is 5.03. The quantitative estimate of drug-likeness (QED) is 0.774. The highest BCUT2D eigenvalue weighted by atomic mass is 15.5. The van der Waals surface area contributed by atoms with Gasteiger partial charge in [-0.1, -0.05) is 32.4 Å². The minimum atomic E-state index is 0.692. The predicted molar refractivity (Wildman–Crippen MR) is 75.1 cm³/mol. The van der Waals surface area contributed by atoms with Gasteiger partial charge in [0, 0.05) is 0 Å². The van der Waals surface area contributed by atoms with E-state index in [0.717, 1.165) is 37.3 Å². The molecule has 2 rings (SSSR count). The summed E-state index contributed by atoms with van der Waals surface area (Å²) in [6.45, 7) is 6.00. The summed E-state index contributed by atoms with van der Waals surface area (Å²) in [5.74, 6) is 0.844. The van der Waals surface area contributed by atoms with Crippen LogP contribution in [0.5, 0.6) is 0 Å². The fourth-order valence-corrected chi connectivity index (χ4v) is 1.99. The van der Waals surface area contributed by atoms with Crippen LogP contribution in [0.25, 0.3) is 5.69 Å². The monoisotopic (exact) mass is 259 g/mol. The lowest BCUT2D eigenvalue weighted by Gasteiger charge is -2.06. The molecule has 5 heteroatoms. The molecule has 0 aliphatic rings. The molecule has 1 aromatic carbocycles. The first-order valence-corrected chi connectivity index (χ1v) is 6.92. The van der Waals surface area contributed by atoms with Gasteiger partial charge in [-0.15, -0.1) is 5.10 Å². The molecule has 0 atom stereocenters. The zero-order valence-corrected chi connectivity index (χ0v) is 11.6. The average molecular weight is 259 g/mol. The molecule has 0 unspecified atom stereocenters. The van der Waals surface area contributed by atoms with E-state index in [1.54, 1.807) is 4.68 Å². The number of nitrogens with one attached hydrogen (secondary N) is 1. The van der Waals surface area contributed by atoms with Gasteiger partial charge < -0.3 is 5.32 Å². The molecule has 0 bridgehead atoms. The second-order valence-electron chi connectivity index (χ2n) is 4.60. The Hall–Kier alpha value is -1.75. The molecule has 1 aromatic heterocycles. The number of benzene rings is 1. The van der Waals surface area contributed by atoms with E-state index in [1.165, 1.54) is 5.56 Å². The second kappa shape index (κ2) is 6.99. The van der Waals surface area contributed by atoms with Crippen LogP contribution in [0.15, 0.2) is 24.3 Å². The normalized spacial score (nSPS) is 10.8. The lowest BCUT2D eigenvalue weighted by molar-refractivity contribution is 0.632. The summed E-state index contributed by atoms with van der Waals surface area (Å²) in [6, 6.07) is 8.43. The second-order valence-corrected chi connectivity index (χ2v) is 4.60. The minimum absolute atomic E-state index is 0.692. The van der Waals surface area contributed by atoms with Gasteiger partial charge in [-0.3, -0.25) is 0 Å². The van der Waals surface area contributed by atoms with Gasteiger partial charge in [-0.2, -0.15) is 4.68 Å². The van der Waals surface area contributed by atoms with Crippen LogP contribution in [0.1, 0.15) is 38.1 Å². The van der Waals surface area contributed by atoms with E-state index in [1.807, 2.05) is 0 Å². The largest absolute Gasteiger partial charge is 0.310 e. The molecule has 0 aliphatic carbocycles. The zero-order chi connectivity index (χ0) is 13.5. The molecule has 1 N–H and O–H groups in total. The molecule has 19 heavy (non-hydrogen) atoms. The topological polar surface area (TPSA) is 55.6 Å². The van der Waals surface area contributed by atoms with Gasteiger partial charge in [0.25, 0.3) is 0 Å². The summed E-state index contributed by atoms with van der Waals surface area (Å²) < 4.78 is 1.79. The number of hydrogen-bond acceptors (Lipinski definition) is 4. The minimum Gasteiger partial charge on any atom is -0.310 e. The number of tetrazole rings is 1. The van der Waals surface area contributed by atoms with Gasteiger partial charge in [0.2, 0.25) is 0 Å². The Labute approximate surface area is 114 Å². The first kappa shape index (κ1) is 13.7. The molecule has 0 radical (unpaired) electrons. The molecule has 0 aliphatic heterocycles. The van der Waals surface area contributed by atoms with Gasteiger partial charge in [-0.05, 0) is 47.5 Å². The van der Waals surface area contributed by atoms with Crippen LogP contribution in [-0.4, -0.2) is 26.8 Å². The van der Waals surface area contributed by atoms with E-state index >= 15 is 0 Å². The van der Waals surface area contributed by atoms with E-state index in [0.29, 0.717) is 6.54 Å². The predicted octanol–water partition coefficient (Wildman–Crippen LogP) is 2.11. The van der Waals surface area contributed by atoms with E-state index < -0.39 is 0 Å². The molecule has 0 saturated carbocycles. The lowest BCUT2D eigenvalue weighted by atomic mass is 10.1. The van der Waals surface area contributed by atoms with Gasteiger partial charge in [0.05, 0.1) is 12.2 Å². The number of hydrogen-bond donors (Lipinski definition) is 1. The Balaban J connectivity index is 2.10. The first-order chi connectivity index (χ1) is 9.35. The smallest absolute Gasteiger partial charge is 0.170 e. The van der Waals surface area contributed by atoms with Crippen molar-refractivity contribution in [1.82, 2.24) is 25.5 Å². The van der Waals surface area contributed by atoms with Crippen LogP contribution in [0.4, 0.5) is 0 Å². The van der Waals surface area contributed by atoms with Crippen molar-refractivity contribution < 1.29 is 0 Å². The summed E-state index contributed by atoms with van der Waals surface area (Å²) in [5.41, 5.74) is 2.36. The summed E-state index contributed by atoms with van der Waals surface area (Å²) >= 11 is 0. The molecular weight excluding hydrogens is 238 g/mol. The van der Waals surface area contributed by atoms with Crippen LogP contribution >= 0.6 is 0 Å². The fourth-order valence-electron chi connectivity index (χ4n) is 1.99. The number of rotatable bonds is 7. The van der Waals surface area contributed by atoms with Crippen LogP contribution in [0.2, 0.25) is 0 Å². The Morgan fingerprint density at radius 2 is 1.89 bits per heavy atom. The highest BCUT2D eigenvalue weighted by molar-refractivity contribution is 5.34. The van der Waals surface area contributed by atoms with Crippen molar-refractivity contribution in [3.63, 3.8) is 0 Å². The number of nitrogens with zero attached hydrogens (tertiary/aromatic N) is 4. The highest BCUT2D eigenvalue weighted by Gasteiger charge is 2.07. The molecule has 5 nitrogen and oxygen atoms in total. The van der Waals surface area contributed by atoms with Crippen LogP contribution in [0.3, 0.4) is 0 Å². The summed E-state index contributed by atoms with van der Waals surface area (Å²) in [7, 11) is 0. The highest BCUT2D eigenvalue weighted by Crippen LogP contribution is 2.11. The molecular formula is C14H21N5. The SMILES string of the molecule is CCCNCc1nnnn1-c1ccc(CCC)cc1. The van der Waals surface area contributed by atoms with Gasteiger partial charge in [0.1, 0.15) is 0 Å². The molecule has 0 saturated heterocycles. The van der Waals surface area contributed by atoms with Gasteiger partial charge >= 0.3 is 0 Å². The Bertz CT molecular complexity index is 489. The van der Waals surface area contributed by atoms with E-state index in [4.69, 9.17) is 0 Å². The maximum Gasteiger partial charge on any atom is 0.170 e. The maximum atomic E-state index is 4.06. The molecule has 102 valence electrons. The van der Waals surface area contributed by atoms with Crippen molar-refractivity contribution >= 4 is 0 Å². The fraction of sp³-hybridized carbons (Fsp3) is 0.500. The number of aromatic nitrogens is 4. The molecule has 1 heterocycles. The van der Waals surface area contributed by atoms with Crippen molar-refractivity contribution in [3.05, 3.63) is 35.7 Å². The Morgan fingerprint density at radius 1 is 1.11 bits per heavy atom. The van der Waals surface area contributed by atoms with Crippen molar-refractivity contribution in [2.45, 2.75) is 39.7 Å². The van der Waals surface area contributed by atoms with E-state index in [9.17, 15) is 0 Å². The lowest BCUT2D eigenvalue weighted by Crippen LogP contribution is -2.17. The van der Waals surface area contributed by atoms with Crippen LogP contribution < -0.4 is 5.32 Å². The van der Waals surface area contributed by atoms with Gasteiger partial charge in [-0.25, -0.2) is 0 Å². The first-order valence-electron chi connectivity index (χ1n) is 6.92. The van der Waals surface area contributed by atoms with Crippen molar-refractivity contribution in [3.8, 4) is 5.69 Å². The standard InChI is InChI=1S/C14H21N5/c1-3-5-12-6-8-13(9-7-12)19-14(16-17-18-19)11-15-10-4-2/h6-9,15H,3-5,10-11H2,1-2H3. The average Bonchev–Trinajstić information content (AvgIpc) is 2.89. The summed E-state index contributed by atoms with van der Waals surface area (Å²) in [5, 5.41) is 15.2. The number of aryl methyl sites for hydroxylation is 1. The van der Waals surface area contributed by atoms with Crippen LogP contribution in [0, 0.1) is 0 Å². The molecule has 0 spiro atoms.